The molecule has 94 valence electrons. The van der Waals surface area contributed by atoms with Gasteiger partial charge in [0, 0.05) is 6.20 Å². The Kier molecular flexibility index (Phi) is 2.73. The molecule has 18 heavy (non-hydrogen) atoms. The quantitative estimate of drug-likeness (QED) is 0.885. The maximum Gasteiger partial charge on any atom is 0.471 e. The molecule has 1 N–H and O–H groups in total. The summed E-state index contributed by atoms with van der Waals surface area (Å²) in [4.78, 5) is 17.4. The molecular weight excluding hydrogens is 255 g/mol. The molecule has 0 fully saturated rings. The van der Waals surface area contributed by atoms with Gasteiger partial charge < -0.3 is 9.63 Å². The molecule has 2 aromatic rings. The van der Waals surface area contributed by atoms with Gasteiger partial charge in [0.2, 0.25) is 5.82 Å². The van der Waals surface area contributed by atoms with Crippen molar-refractivity contribution in [2.45, 2.75) is 6.18 Å². The van der Waals surface area contributed by atoms with Gasteiger partial charge in [-0.05, 0) is 12.1 Å². The number of carboxylic acids is 1. The summed E-state index contributed by atoms with van der Waals surface area (Å²) in [7, 11) is 0. The molecule has 2 aromatic heterocycles. The van der Waals surface area contributed by atoms with Crippen LogP contribution in [-0.2, 0) is 6.18 Å². The standard InChI is InChI=1S/C9H4F3N3O3/c10-9(11,12)8-14-6(15-18-8)4-2-1-3-13-5(4)7(16)17/h1-3H,(H,16,17). The van der Waals surface area contributed by atoms with E-state index >= 15 is 0 Å². The molecule has 0 aromatic carbocycles. The minimum atomic E-state index is -4.78. The predicted molar refractivity (Wildman–Crippen MR) is 49.5 cm³/mol. The van der Waals surface area contributed by atoms with Crippen LogP contribution in [0.4, 0.5) is 13.2 Å². The molecule has 0 aliphatic carbocycles. The molecule has 0 bridgehead atoms. The first-order valence-corrected chi connectivity index (χ1v) is 4.49. The number of nitrogens with zero attached hydrogens (tertiary/aromatic N) is 3. The van der Waals surface area contributed by atoms with Gasteiger partial charge in [0.1, 0.15) is 0 Å². The lowest BCUT2D eigenvalue weighted by molar-refractivity contribution is -0.159. The van der Waals surface area contributed by atoms with Crippen LogP contribution in [0.3, 0.4) is 0 Å². The Morgan fingerprint density at radius 1 is 1.39 bits per heavy atom. The van der Waals surface area contributed by atoms with E-state index < -0.39 is 29.6 Å². The van der Waals surface area contributed by atoms with Gasteiger partial charge in [0.25, 0.3) is 0 Å². The van der Waals surface area contributed by atoms with Gasteiger partial charge >= 0.3 is 18.0 Å². The van der Waals surface area contributed by atoms with E-state index in [1.165, 1.54) is 18.3 Å². The van der Waals surface area contributed by atoms with E-state index in [1.807, 2.05) is 0 Å². The molecule has 0 radical (unpaired) electrons. The summed E-state index contributed by atoms with van der Waals surface area (Å²) >= 11 is 0. The fourth-order valence-corrected chi connectivity index (χ4v) is 1.20. The monoisotopic (exact) mass is 259 g/mol. The number of hydrogen-bond acceptors (Lipinski definition) is 5. The van der Waals surface area contributed by atoms with Gasteiger partial charge in [-0.25, -0.2) is 9.78 Å². The first-order valence-electron chi connectivity index (χ1n) is 4.49. The zero-order valence-electron chi connectivity index (χ0n) is 8.47. The number of hydrogen-bond donors (Lipinski definition) is 1. The third-order valence-corrected chi connectivity index (χ3v) is 1.92. The minimum absolute atomic E-state index is 0.149. The number of carbonyl (C=O) groups is 1. The topological polar surface area (TPSA) is 89.1 Å². The van der Waals surface area contributed by atoms with Crippen molar-refractivity contribution in [3.8, 4) is 11.4 Å². The Labute approximate surface area is 97.1 Å². The van der Waals surface area contributed by atoms with Crippen molar-refractivity contribution in [3.05, 3.63) is 29.9 Å². The van der Waals surface area contributed by atoms with Crippen LogP contribution in [0.15, 0.2) is 22.9 Å². The molecule has 0 atom stereocenters. The molecule has 0 saturated carbocycles. The van der Waals surface area contributed by atoms with Crippen LogP contribution in [0.5, 0.6) is 0 Å². The first kappa shape index (κ1) is 12.0. The molecule has 6 nitrogen and oxygen atoms in total. The zero-order valence-corrected chi connectivity index (χ0v) is 8.47. The Hall–Kier alpha value is -2.45. The number of rotatable bonds is 2. The van der Waals surface area contributed by atoms with E-state index in [0.717, 1.165) is 0 Å². The Morgan fingerprint density at radius 3 is 2.67 bits per heavy atom. The number of alkyl halides is 3. The summed E-state index contributed by atoms with van der Waals surface area (Å²) in [5, 5.41) is 11.9. The van der Waals surface area contributed by atoms with Crippen LogP contribution in [0.25, 0.3) is 11.4 Å². The third kappa shape index (κ3) is 2.14. The summed E-state index contributed by atoms with van der Waals surface area (Å²) in [5.41, 5.74) is -0.601. The number of halogens is 3. The zero-order chi connectivity index (χ0) is 13.3. The fraction of sp³-hybridized carbons (Fsp3) is 0.111. The van der Waals surface area contributed by atoms with Gasteiger partial charge in [-0.15, -0.1) is 0 Å². The Bertz CT molecular complexity index is 594. The smallest absolute Gasteiger partial charge is 0.471 e. The first-order chi connectivity index (χ1) is 8.39. The van der Waals surface area contributed by atoms with Gasteiger partial charge in [-0.3, -0.25) is 0 Å². The van der Waals surface area contributed by atoms with Crippen LogP contribution in [0.1, 0.15) is 16.4 Å². The Balaban J connectivity index is 2.50. The van der Waals surface area contributed by atoms with Crippen molar-refractivity contribution in [1.82, 2.24) is 15.1 Å². The molecule has 0 aliphatic heterocycles. The van der Waals surface area contributed by atoms with Crippen molar-refractivity contribution in [1.29, 1.82) is 0 Å². The average Bonchev–Trinajstić information content (AvgIpc) is 2.77. The van der Waals surface area contributed by atoms with Gasteiger partial charge in [0.15, 0.2) is 5.69 Å². The van der Waals surface area contributed by atoms with Crippen LogP contribution < -0.4 is 0 Å². The normalized spacial score (nSPS) is 11.5. The lowest BCUT2D eigenvalue weighted by atomic mass is 10.2. The summed E-state index contributed by atoms with van der Waals surface area (Å²) in [5.74, 6) is -3.42. The highest BCUT2D eigenvalue weighted by Gasteiger charge is 2.38. The summed E-state index contributed by atoms with van der Waals surface area (Å²) in [6, 6.07) is 2.59. The summed E-state index contributed by atoms with van der Waals surface area (Å²) < 4.78 is 40.8. The van der Waals surface area contributed by atoms with E-state index in [0.29, 0.717) is 0 Å². The van der Waals surface area contributed by atoms with Crippen LogP contribution >= 0.6 is 0 Å². The molecule has 0 spiro atoms. The van der Waals surface area contributed by atoms with E-state index in [-0.39, 0.29) is 5.56 Å². The highest BCUT2D eigenvalue weighted by molar-refractivity contribution is 5.92. The van der Waals surface area contributed by atoms with E-state index in [2.05, 4.69) is 19.6 Å². The SMILES string of the molecule is O=C(O)c1ncccc1-c1noc(C(F)(F)F)n1. The van der Waals surface area contributed by atoms with Crippen molar-refractivity contribution in [2.75, 3.05) is 0 Å². The van der Waals surface area contributed by atoms with Gasteiger partial charge in [-0.1, -0.05) is 5.16 Å². The summed E-state index contributed by atoms with van der Waals surface area (Å²) in [6.07, 6.45) is -3.59. The largest absolute Gasteiger partial charge is 0.476 e. The molecule has 0 amide bonds. The Morgan fingerprint density at radius 2 is 2.11 bits per heavy atom. The van der Waals surface area contributed by atoms with Crippen molar-refractivity contribution >= 4 is 5.97 Å². The molecule has 2 rings (SSSR count). The van der Waals surface area contributed by atoms with E-state index in [1.54, 1.807) is 0 Å². The highest BCUT2D eigenvalue weighted by Crippen LogP contribution is 2.29. The lowest BCUT2D eigenvalue weighted by Gasteiger charge is -1.99. The lowest BCUT2D eigenvalue weighted by Crippen LogP contribution is -2.06. The van der Waals surface area contributed by atoms with Crippen LogP contribution in [0.2, 0.25) is 0 Å². The average molecular weight is 259 g/mol. The number of aromatic nitrogens is 3. The van der Waals surface area contributed by atoms with Crippen molar-refractivity contribution < 1.29 is 27.6 Å². The second kappa shape index (κ2) is 4.09. The molecule has 0 saturated heterocycles. The van der Waals surface area contributed by atoms with Crippen LogP contribution in [0, 0.1) is 0 Å². The van der Waals surface area contributed by atoms with Gasteiger partial charge in [-0.2, -0.15) is 18.2 Å². The third-order valence-electron chi connectivity index (χ3n) is 1.92. The second-order valence-electron chi connectivity index (χ2n) is 3.13. The minimum Gasteiger partial charge on any atom is -0.476 e. The van der Waals surface area contributed by atoms with Gasteiger partial charge in [0.05, 0.1) is 5.56 Å². The highest BCUT2D eigenvalue weighted by atomic mass is 19.4. The molecule has 0 aliphatic rings. The summed E-state index contributed by atoms with van der Waals surface area (Å²) in [6.45, 7) is 0. The van der Waals surface area contributed by atoms with Crippen molar-refractivity contribution in [2.24, 2.45) is 0 Å². The predicted octanol–water partition coefficient (Wildman–Crippen LogP) is 1.85. The number of aromatic carboxylic acids is 1. The second-order valence-corrected chi connectivity index (χ2v) is 3.13. The van der Waals surface area contributed by atoms with E-state index in [9.17, 15) is 18.0 Å². The van der Waals surface area contributed by atoms with Crippen LogP contribution in [-0.4, -0.2) is 26.2 Å². The number of pyridine rings is 1. The maximum absolute atomic E-state index is 12.2. The molecule has 0 unspecified atom stereocenters. The maximum atomic E-state index is 12.2. The van der Waals surface area contributed by atoms with E-state index in [4.69, 9.17) is 5.11 Å². The molecular formula is C9H4F3N3O3. The molecule has 2 heterocycles. The van der Waals surface area contributed by atoms with Crippen molar-refractivity contribution in [3.63, 3.8) is 0 Å². The number of carboxylic acid groups (broad SMARTS) is 1. The molecule has 9 heteroatoms. The fourth-order valence-electron chi connectivity index (χ4n) is 1.20.